The third-order valence-corrected chi connectivity index (χ3v) is 4.34. The van der Waals surface area contributed by atoms with Crippen molar-refractivity contribution >= 4 is 0 Å². The van der Waals surface area contributed by atoms with Gasteiger partial charge in [0.2, 0.25) is 0 Å². The molecule has 1 fully saturated rings. The Morgan fingerprint density at radius 2 is 1.84 bits per heavy atom. The van der Waals surface area contributed by atoms with Crippen LogP contribution in [0.4, 0.5) is 0 Å². The Hall–Kier alpha value is -1.00. The van der Waals surface area contributed by atoms with Crippen molar-refractivity contribution in [1.82, 2.24) is 9.97 Å². The molecular formula is C15H25N3O. The average Bonchev–Trinajstić information content (AvgIpc) is 2.33. The van der Waals surface area contributed by atoms with Crippen molar-refractivity contribution in [2.24, 2.45) is 11.7 Å². The summed E-state index contributed by atoms with van der Waals surface area (Å²) >= 11 is 0. The smallest absolute Gasteiger partial charge is 0.160 e. The van der Waals surface area contributed by atoms with Crippen LogP contribution < -0.4 is 5.73 Å². The van der Waals surface area contributed by atoms with E-state index in [1.54, 1.807) is 7.11 Å². The molecule has 4 heteroatoms. The zero-order chi connectivity index (χ0) is 14.0. The second kappa shape index (κ2) is 5.55. The minimum atomic E-state index is -0.229. The highest BCUT2D eigenvalue weighted by molar-refractivity contribution is 5.27. The standard InChI is InChI=1S/C15H25N3O/c1-10(9-16)8-13-11(2)17-14(18-12(13)3)15(19-4)6-5-7-15/h10H,5-9,16H2,1-4H3. The summed E-state index contributed by atoms with van der Waals surface area (Å²) in [7, 11) is 1.76. The lowest BCUT2D eigenvalue weighted by molar-refractivity contribution is -0.0849. The maximum Gasteiger partial charge on any atom is 0.160 e. The van der Waals surface area contributed by atoms with E-state index in [9.17, 15) is 0 Å². The molecule has 0 aliphatic heterocycles. The summed E-state index contributed by atoms with van der Waals surface area (Å²) in [6.07, 6.45) is 4.21. The van der Waals surface area contributed by atoms with Gasteiger partial charge in [0.1, 0.15) is 5.60 Å². The summed E-state index contributed by atoms with van der Waals surface area (Å²) in [4.78, 5) is 9.42. The van der Waals surface area contributed by atoms with Gasteiger partial charge in [-0.1, -0.05) is 6.92 Å². The number of aryl methyl sites for hydroxylation is 2. The van der Waals surface area contributed by atoms with Gasteiger partial charge in [0.25, 0.3) is 0 Å². The minimum absolute atomic E-state index is 0.229. The molecule has 4 nitrogen and oxygen atoms in total. The molecule has 1 aromatic rings. The highest BCUT2D eigenvalue weighted by atomic mass is 16.5. The Morgan fingerprint density at radius 3 is 2.21 bits per heavy atom. The van der Waals surface area contributed by atoms with Gasteiger partial charge in [0, 0.05) is 18.5 Å². The summed E-state index contributed by atoms with van der Waals surface area (Å²) < 4.78 is 5.67. The molecule has 0 saturated heterocycles. The quantitative estimate of drug-likeness (QED) is 0.885. The fourth-order valence-electron chi connectivity index (χ4n) is 2.69. The maximum atomic E-state index is 5.71. The monoisotopic (exact) mass is 263 g/mol. The molecule has 1 aromatic heterocycles. The number of hydrogen-bond donors (Lipinski definition) is 1. The predicted molar refractivity (Wildman–Crippen MR) is 76.0 cm³/mol. The average molecular weight is 263 g/mol. The number of nitrogens with two attached hydrogens (primary N) is 1. The Morgan fingerprint density at radius 1 is 1.26 bits per heavy atom. The summed E-state index contributed by atoms with van der Waals surface area (Å²) in [5, 5.41) is 0. The Bertz CT molecular complexity index is 426. The first-order valence-corrected chi connectivity index (χ1v) is 7.12. The lowest BCUT2D eigenvalue weighted by Crippen LogP contribution is -2.38. The normalized spacial score (nSPS) is 19.0. The van der Waals surface area contributed by atoms with Gasteiger partial charge >= 0.3 is 0 Å². The van der Waals surface area contributed by atoms with Gasteiger partial charge in [0.15, 0.2) is 5.82 Å². The Kier molecular flexibility index (Phi) is 4.21. The number of rotatable bonds is 5. The van der Waals surface area contributed by atoms with Crippen LogP contribution in [-0.4, -0.2) is 23.6 Å². The van der Waals surface area contributed by atoms with E-state index in [1.807, 2.05) is 0 Å². The number of methoxy groups -OCH3 is 1. The van der Waals surface area contributed by atoms with Crippen molar-refractivity contribution < 1.29 is 4.74 Å². The van der Waals surface area contributed by atoms with Crippen molar-refractivity contribution in [3.05, 3.63) is 22.8 Å². The SMILES string of the molecule is COC1(c2nc(C)c(CC(C)CN)c(C)n2)CCC1. The van der Waals surface area contributed by atoms with E-state index in [2.05, 4.69) is 20.8 Å². The number of hydrogen-bond acceptors (Lipinski definition) is 4. The molecule has 0 radical (unpaired) electrons. The molecule has 2 N–H and O–H groups in total. The van der Waals surface area contributed by atoms with Gasteiger partial charge in [-0.15, -0.1) is 0 Å². The molecule has 1 atom stereocenters. The first-order valence-electron chi connectivity index (χ1n) is 7.12. The van der Waals surface area contributed by atoms with Gasteiger partial charge in [0.05, 0.1) is 0 Å². The summed E-state index contributed by atoms with van der Waals surface area (Å²) in [6, 6.07) is 0. The lowest BCUT2D eigenvalue weighted by atomic mass is 9.79. The molecule has 0 aromatic carbocycles. The van der Waals surface area contributed by atoms with E-state index < -0.39 is 0 Å². The van der Waals surface area contributed by atoms with Crippen molar-refractivity contribution in [2.45, 2.75) is 52.1 Å². The van der Waals surface area contributed by atoms with E-state index in [4.69, 9.17) is 20.4 Å². The molecule has 0 amide bonds. The first-order chi connectivity index (χ1) is 9.02. The number of ether oxygens (including phenoxy) is 1. The summed E-state index contributed by atoms with van der Waals surface area (Å²) in [6.45, 7) is 7.00. The number of nitrogens with zero attached hydrogens (tertiary/aromatic N) is 2. The van der Waals surface area contributed by atoms with Crippen LogP contribution in [0.5, 0.6) is 0 Å². The highest BCUT2D eigenvalue weighted by Gasteiger charge is 2.42. The fraction of sp³-hybridized carbons (Fsp3) is 0.733. The first kappa shape index (κ1) is 14.4. The lowest BCUT2D eigenvalue weighted by Gasteiger charge is -2.39. The highest BCUT2D eigenvalue weighted by Crippen LogP contribution is 2.42. The van der Waals surface area contributed by atoms with Crippen molar-refractivity contribution in [2.75, 3.05) is 13.7 Å². The van der Waals surface area contributed by atoms with Crippen LogP contribution in [0.3, 0.4) is 0 Å². The molecular weight excluding hydrogens is 238 g/mol. The third kappa shape index (κ3) is 2.65. The van der Waals surface area contributed by atoms with Gasteiger partial charge in [-0.2, -0.15) is 0 Å². The van der Waals surface area contributed by atoms with E-state index in [0.29, 0.717) is 12.5 Å². The van der Waals surface area contributed by atoms with Crippen molar-refractivity contribution in [3.8, 4) is 0 Å². The molecule has 106 valence electrons. The molecule has 1 heterocycles. The summed E-state index contributed by atoms with van der Waals surface area (Å²) in [5.41, 5.74) is 8.87. The largest absolute Gasteiger partial charge is 0.370 e. The van der Waals surface area contributed by atoms with Gasteiger partial charge in [-0.3, -0.25) is 0 Å². The molecule has 0 spiro atoms. The van der Waals surface area contributed by atoms with E-state index in [0.717, 1.165) is 36.5 Å². The van der Waals surface area contributed by atoms with Crippen LogP contribution in [0, 0.1) is 19.8 Å². The van der Waals surface area contributed by atoms with Crippen LogP contribution in [0.2, 0.25) is 0 Å². The van der Waals surface area contributed by atoms with Crippen LogP contribution in [-0.2, 0) is 16.8 Å². The zero-order valence-electron chi connectivity index (χ0n) is 12.5. The van der Waals surface area contributed by atoms with Crippen molar-refractivity contribution in [3.63, 3.8) is 0 Å². The van der Waals surface area contributed by atoms with E-state index in [1.165, 1.54) is 12.0 Å². The molecule has 2 rings (SSSR count). The number of aromatic nitrogens is 2. The third-order valence-electron chi connectivity index (χ3n) is 4.34. The molecule has 19 heavy (non-hydrogen) atoms. The van der Waals surface area contributed by atoms with Crippen LogP contribution >= 0.6 is 0 Å². The molecule has 1 aliphatic rings. The van der Waals surface area contributed by atoms with Crippen LogP contribution in [0.1, 0.15) is 49.0 Å². The van der Waals surface area contributed by atoms with Crippen LogP contribution in [0.25, 0.3) is 0 Å². The van der Waals surface area contributed by atoms with Crippen LogP contribution in [0.15, 0.2) is 0 Å². The minimum Gasteiger partial charge on any atom is -0.370 e. The predicted octanol–water partition coefficient (Wildman–Crippen LogP) is 2.26. The molecule has 1 unspecified atom stereocenters. The Labute approximate surface area is 115 Å². The Balaban J connectivity index is 2.31. The second-order valence-electron chi connectivity index (χ2n) is 5.79. The zero-order valence-corrected chi connectivity index (χ0v) is 12.5. The van der Waals surface area contributed by atoms with Gasteiger partial charge in [-0.25, -0.2) is 9.97 Å². The fourth-order valence-corrected chi connectivity index (χ4v) is 2.69. The molecule has 0 bridgehead atoms. The van der Waals surface area contributed by atoms with E-state index >= 15 is 0 Å². The molecule has 1 aliphatic carbocycles. The van der Waals surface area contributed by atoms with Gasteiger partial charge < -0.3 is 10.5 Å². The van der Waals surface area contributed by atoms with Gasteiger partial charge in [-0.05, 0) is 57.6 Å². The molecule has 1 saturated carbocycles. The summed E-state index contributed by atoms with van der Waals surface area (Å²) in [5.74, 6) is 1.33. The van der Waals surface area contributed by atoms with Crippen molar-refractivity contribution in [1.29, 1.82) is 0 Å². The topological polar surface area (TPSA) is 61.0 Å². The maximum absolute atomic E-state index is 5.71. The van der Waals surface area contributed by atoms with E-state index in [-0.39, 0.29) is 5.60 Å². The second-order valence-corrected chi connectivity index (χ2v) is 5.79.